The largest absolute Gasteiger partial charge is 0.416 e. The molecule has 0 bridgehead atoms. The van der Waals surface area contributed by atoms with Crippen LogP contribution in [0.1, 0.15) is 17.5 Å². The van der Waals surface area contributed by atoms with Crippen molar-refractivity contribution in [3.05, 3.63) is 77.9 Å². The first-order valence-electron chi connectivity index (χ1n) is 11.2. The molecule has 3 aromatic carbocycles. The SMILES string of the molecule is Cc1cccc2c(NCCCN(C)C)nc(-c3cc(-c4ccccc4)cc(C(F)(F)F)c3)nc12. The summed E-state index contributed by atoms with van der Waals surface area (Å²) in [5.41, 5.74) is 2.44. The first kappa shape index (κ1) is 23.7. The van der Waals surface area contributed by atoms with Crippen LogP contribution < -0.4 is 5.32 Å². The molecule has 34 heavy (non-hydrogen) atoms. The summed E-state index contributed by atoms with van der Waals surface area (Å²) in [6.45, 7) is 3.54. The van der Waals surface area contributed by atoms with Crippen molar-refractivity contribution in [2.45, 2.75) is 19.5 Å². The molecule has 0 aliphatic rings. The number of hydrogen-bond donors (Lipinski definition) is 1. The molecule has 1 N–H and O–H groups in total. The van der Waals surface area contributed by atoms with Gasteiger partial charge in [-0.25, -0.2) is 9.97 Å². The molecule has 4 rings (SSSR count). The van der Waals surface area contributed by atoms with Crippen LogP contribution in [0.5, 0.6) is 0 Å². The number of aryl methyl sites for hydroxylation is 1. The third-order valence-electron chi connectivity index (χ3n) is 5.63. The number of alkyl halides is 3. The molecule has 1 heterocycles. The van der Waals surface area contributed by atoms with Gasteiger partial charge in [0, 0.05) is 17.5 Å². The fraction of sp³-hybridized carbons (Fsp3) is 0.259. The van der Waals surface area contributed by atoms with Gasteiger partial charge in [0.15, 0.2) is 5.82 Å². The van der Waals surface area contributed by atoms with Crippen LogP contribution in [0.3, 0.4) is 0 Å². The second-order valence-corrected chi connectivity index (χ2v) is 8.61. The highest BCUT2D eigenvalue weighted by Crippen LogP contribution is 2.36. The van der Waals surface area contributed by atoms with E-state index in [-0.39, 0.29) is 5.82 Å². The first-order chi connectivity index (χ1) is 16.2. The lowest BCUT2D eigenvalue weighted by molar-refractivity contribution is -0.137. The molecule has 4 nitrogen and oxygen atoms in total. The van der Waals surface area contributed by atoms with Gasteiger partial charge in [0.25, 0.3) is 0 Å². The van der Waals surface area contributed by atoms with Crippen molar-refractivity contribution in [2.24, 2.45) is 0 Å². The number of aromatic nitrogens is 2. The van der Waals surface area contributed by atoms with Crippen LogP contribution in [0.25, 0.3) is 33.4 Å². The number of anilines is 1. The third kappa shape index (κ3) is 5.37. The number of nitrogens with zero attached hydrogens (tertiary/aromatic N) is 3. The van der Waals surface area contributed by atoms with E-state index in [0.29, 0.717) is 29.1 Å². The summed E-state index contributed by atoms with van der Waals surface area (Å²) in [6.07, 6.45) is -3.58. The number of fused-ring (bicyclic) bond motifs is 1. The number of nitrogens with one attached hydrogen (secondary N) is 1. The van der Waals surface area contributed by atoms with Gasteiger partial charge in [-0.15, -0.1) is 0 Å². The van der Waals surface area contributed by atoms with Crippen LogP contribution >= 0.6 is 0 Å². The summed E-state index contributed by atoms with van der Waals surface area (Å²) >= 11 is 0. The second kappa shape index (κ2) is 9.81. The van der Waals surface area contributed by atoms with Crippen LogP contribution in [-0.4, -0.2) is 42.1 Å². The Balaban J connectivity index is 1.84. The molecule has 0 radical (unpaired) electrons. The summed E-state index contributed by atoms with van der Waals surface area (Å²) in [5.74, 6) is 0.890. The highest BCUT2D eigenvalue weighted by Gasteiger charge is 2.31. The average molecular weight is 465 g/mol. The molecule has 4 aromatic rings. The van der Waals surface area contributed by atoms with E-state index in [1.54, 1.807) is 30.3 Å². The standard InChI is InChI=1S/C27H27F3N4/c1-18-9-7-12-23-24(18)32-25(33-26(23)31-13-8-14-34(2)3)21-15-20(19-10-5-4-6-11-19)16-22(17-21)27(28,29)30/h4-7,9-12,15-17H,8,13-14H2,1-3H3,(H,31,32,33). The summed E-state index contributed by atoms with van der Waals surface area (Å²) in [4.78, 5) is 11.5. The van der Waals surface area contributed by atoms with E-state index < -0.39 is 11.7 Å². The molecule has 176 valence electrons. The number of hydrogen-bond acceptors (Lipinski definition) is 4. The smallest absolute Gasteiger partial charge is 0.369 e. The van der Waals surface area contributed by atoms with Gasteiger partial charge < -0.3 is 10.2 Å². The molecular weight excluding hydrogens is 437 g/mol. The molecule has 0 saturated carbocycles. The summed E-state index contributed by atoms with van der Waals surface area (Å²) in [7, 11) is 4.03. The fourth-order valence-corrected chi connectivity index (χ4v) is 3.88. The Labute approximate surface area is 197 Å². The van der Waals surface area contributed by atoms with Gasteiger partial charge in [0.2, 0.25) is 0 Å². The molecule has 0 spiro atoms. The predicted molar refractivity (Wildman–Crippen MR) is 132 cm³/mol. The van der Waals surface area contributed by atoms with E-state index in [4.69, 9.17) is 4.98 Å². The third-order valence-corrected chi connectivity index (χ3v) is 5.63. The van der Waals surface area contributed by atoms with Gasteiger partial charge in [0.1, 0.15) is 5.82 Å². The van der Waals surface area contributed by atoms with Gasteiger partial charge in [0.05, 0.1) is 11.1 Å². The summed E-state index contributed by atoms with van der Waals surface area (Å²) in [6, 6.07) is 18.9. The summed E-state index contributed by atoms with van der Waals surface area (Å²) < 4.78 is 41.4. The quantitative estimate of drug-likeness (QED) is 0.311. The van der Waals surface area contributed by atoms with Gasteiger partial charge in [-0.05, 0) is 74.9 Å². The molecule has 1 aromatic heterocycles. The molecule has 0 fully saturated rings. The number of para-hydroxylation sites is 1. The van der Waals surface area contributed by atoms with Gasteiger partial charge in [-0.2, -0.15) is 13.2 Å². The molecule has 0 aliphatic carbocycles. The molecule has 0 saturated heterocycles. The Bertz CT molecular complexity index is 1280. The number of halogens is 3. The van der Waals surface area contributed by atoms with Crippen molar-refractivity contribution < 1.29 is 13.2 Å². The zero-order chi connectivity index (χ0) is 24.3. The Kier molecular flexibility index (Phi) is 6.84. The Morgan fingerprint density at radius 3 is 2.29 bits per heavy atom. The Hall–Kier alpha value is -3.45. The number of benzene rings is 3. The molecule has 0 atom stereocenters. The van der Waals surface area contributed by atoms with Crippen LogP contribution in [0.4, 0.5) is 19.0 Å². The first-order valence-corrected chi connectivity index (χ1v) is 11.2. The maximum atomic E-state index is 13.8. The van der Waals surface area contributed by atoms with Crippen molar-refractivity contribution in [1.29, 1.82) is 0 Å². The maximum Gasteiger partial charge on any atom is 0.416 e. The molecule has 0 aliphatic heterocycles. The van der Waals surface area contributed by atoms with E-state index in [9.17, 15) is 13.2 Å². The lowest BCUT2D eigenvalue weighted by atomic mass is 9.99. The van der Waals surface area contributed by atoms with Crippen LogP contribution in [-0.2, 0) is 6.18 Å². The maximum absolute atomic E-state index is 13.8. The monoisotopic (exact) mass is 464 g/mol. The minimum Gasteiger partial charge on any atom is -0.369 e. The Morgan fingerprint density at radius 1 is 0.853 bits per heavy atom. The van der Waals surface area contributed by atoms with E-state index in [2.05, 4.69) is 15.2 Å². The zero-order valence-corrected chi connectivity index (χ0v) is 19.4. The molecule has 7 heteroatoms. The van der Waals surface area contributed by atoms with Crippen molar-refractivity contribution >= 4 is 16.7 Å². The van der Waals surface area contributed by atoms with Gasteiger partial charge in [-0.1, -0.05) is 42.5 Å². The summed E-state index contributed by atoms with van der Waals surface area (Å²) in [5, 5.41) is 4.22. The van der Waals surface area contributed by atoms with E-state index in [0.717, 1.165) is 35.5 Å². The van der Waals surface area contributed by atoms with Crippen molar-refractivity contribution in [2.75, 3.05) is 32.5 Å². The molecular formula is C27H27F3N4. The van der Waals surface area contributed by atoms with Crippen molar-refractivity contribution in [1.82, 2.24) is 14.9 Å². The van der Waals surface area contributed by atoms with Gasteiger partial charge >= 0.3 is 6.18 Å². The normalized spacial score (nSPS) is 11.9. The van der Waals surface area contributed by atoms with Crippen LogP contribution in [0.2, 0.25) is 0 Å². The minimum atomic E-state index is -4.49. The lowest BCUT2D eigenvalue weighted by Gasteiger charge is -2.15. The lowest BCUT2D eigenvalue weighted by Crippen LogP contribution is -2.17. The van der Waals surface area contributed by atoms with Gasteiger partial charge in [-0.3, -0.25) is 0 Å². The minimum absolute atomic E-state index is 0.264. The number of rotatable bonds is 7. The van der Waals surface area contributed by atoms with Crippen molar-refractivity contribution in [3.63, 3.8) is 0 Å². The van der Waals surface area contributed by atoms with Crippen molar-refractivity contribution in [3.8, 4) is 22.5 Å². The molecule has 0 amide bonds. The highest BCUT2D eigenvalue weighted by atomic mass is 19.4. The van der Waals surface area contributed by atoms with Crippen LogP contribution in [0.15, 0.2) is 66.7 Å². The van der Waals surface area contributed by atoms with Crippen LogP contribution in [0, 0.1) is 6.92 Å². The van der Waals surface area contributed by atoms with E-state index in [1.807, 2.05) is 45.3 Å². The highest BCUT2D eigenvalue weighted by molar-refractivity contribution is 5.92. The fourth-order valence-electron chi connectivity index (χ4n) is 3.88. The zero-order valence-electron chi connectivity index (χ0n) is 19.4. The predicted octanol–water partition coefficient (Wildman–Crippen LogP) is 6.65. The molecule has 0 unspecified atom stereocenters. The Morgan fingerprint density at radius 2 is 1.59 bits per heavy atom. The van der Waals surface area contributed by atoms with E-state index in [1.165, 1.54) is 6.07 Å². The average Bonchev–Trinajstić information content (AvgIpc) is 2.81. The topological polar surface area (TPSA) is 41.0 Å². The second-order valence-electron chi connectivity index (χ2n) is 8.61. The van der Waals surface area contributed by atoms with E-state index >= 15 is 0 Å².